The minimum atomic E-state index is 0.339. The lowest BCUT2D eigenvalue weighted by Gasteiger charge is -2.46. The fraction of sp³-hybridized carbons (Fsp3) is 1.00. The molecule has 0 aromatic carbocycles. The van der Waals surface area contributed by atoms with Crippen LogP contribution >= 0.6 is 0 Å². The zero-order valence-corrected chi connectivity index (χ0v) is 11.2. The number of likely N-dealkylation sites (tertiary alicyclic amines) is 1. The topological polar surface area (TPSA) is 29.3 Å². The molecule has 0 spiro atoms. The van der Waals surface area contributed by atoms with Crippen molar-refractivity contribution in [3.05, 3.63) is 0 Å². The number of nitrogens with two attached hydrogens (primary N) is 1. The fourth-order valence-corrected chi connectivity index (χ4v) is 4.12. The lowest BCUT2D eigenvalue weighted by molar-refractivity contribution is 0.0347. The van der Waals surface area contributed by atoms with Crippen molar-refractivity contribution in [3.8, 4) is 0 Å². The Morgan fingerprint density at radius 2 is 2.06 bits per heavy atom. The first-order chi connectivity index (χ1) is 7.62. The third-order valence-corrected chi connectivity index (χ3v) is 5.16. The molecule has 2 aliphatic rings. The van der Waals surface area contributed by atoms with Crippen molar-refractivity contribution < 1.29 is 0 Å². The average molecular weight is 224 g/mol. The van der Waals surface area contributed by atoms with Gasteiger partial charge in [0.25, 0.3) is 0 Å². The van der Waals surface area contributed by atoms with Crippen molar-refractivity contribution in [1.82, 2.24) is 4.90 Å². The van der Waals surface area contributed by atoms with Crippen LogP contribution in [0.25, 0.3) is 0 Å². The summed E-state index contributed by atoms with van der Waals surface area (Å²) in [6.07, 6.45) is 6.83. The maximum absolute atomic E-state index is 6.16. The lowest BCUT2D eigenvalue weighted by atomic mass is 9.84. The van der Waals surface area contributed by atoms with Gasteiger partial charge in [0.2, 0.25) is 0 Å². The summed E-state index contributed by atoms with van der Waals surface area (Å²) in [5, 5.41) is 0. The minimum Gasteiger partial charge on any atom is -0.329 e. The third-order valence-electron chi connectivity index (χ3n) is 5.16. The molecule has 0 bridgehead atoms. The fourth-order valence-electron chi connectivity index (χ4n) is 4.12. The minimum absolute atomic E-state index is 0.339. The van der Waals surface area contributed by atoms with Gasteiger partial charge in [0.1, 0.15) is 0 Å². The molecule has 0 radical (unpaired) electrons. The van der Waals surface area contributed by atoms with Crippen LogP contribution in [0.1, 0.15) is 52.9 Å². The molecule has 1 aliphatic heterocycles. The van der Waals surface area contributed by atoms with Crippen LogP contribution in [0.4, 0.5) is 0 Å². The van der Waals surface area contributed by atoms with Crippen molar-refractivity contribution in [2.75, 3.05) is 13.1 Å². The van der Waals surface area contributed by atoms with E-state index in [0.717, 1.165) is 24.4 Å². The van der Waals surface area contributed by atoms with Crippen LogP contribution in [0.15, 0.2) is 0 Å². The predicted molar refractivity (Wildman–Crippen MR) is 69.4 cm³/mol. The summed E-state index contributed by atoms with van der Waals surface area (Å²) >= 11 is 0. The van der Waals surface area contributed by atoms with Gasteiger partial charge in [0, 0.05) is 18.1 Å². The molecule has 16 heavy (non-hydrogen) atoms. The van der Waals surface area contributed by atoms with Crippen LogP contribution in [0.2, 0.25) is 0 Å². The first kappa shape index (κ1) is 12.4. The van der Waals surface area contributed by atoms with E-state index >= 15 is 0 Å². The normalized spacial score (nSPS) is 41.1. The summed E-state index contributed by atoms with van der Waals surface area (Å²) in [6, 6.07) is 0.782. The SMILES string of the molecule is CC(C)C1CCCN1C1(CN)CCCC1C. The van der Waals surface area contributed by atoms with E-state index in [-0.39, 0.29) is 0 Å². The summed E-state index contributed by atoms with van der Waals surface area (Å²) in [5.41, 5.74) is 6.50. The quantitative estimate of drug-likeness (QED) is 0.798. The lowest BCUT2D eigenvalue weighted by Crippen LogP contribution is -2.58. The summed E-state index contributed by atoms with van der Waals surface area (Å²) < 4.78 is 0. The first-order valence-electron chi connectivity index (χ1n) is 7.08. The van der Waals surface area contributed by atoms with E-state index in [1.54, 1.807) is 0 Å². The van der Waals surface area contributed by atoms with Gasteiger partial charge in [-0.05, 0) is 44.1 Å². The highest BCUT2D eigenvalue weighted by atomic mass is 15.3. The Morgan fingerprint density at radius 1 is 1.31 bits per heavy atom. The molecular formula is C14H28N2. The molecule has 2 rings (SSSR count). The zero-order chi connectivity index (χ0) is 11.8. The van der Waals surface area contributed by atoms with Crippen molar-refractivity contribution in [3.63, 3.8) is 0 Å². The molecule has 2 heteroatoms. The first-order valence-corrected chi connectivity index (χ1v) is 7.08. The Labute approximate surface area is 101 Å². The molecule has 3 unspecified atom stereocenters. The molecule has 1 aliphatic carbocycles. The second kappa shape index (κ2) is 4.66. The van der Waals surface area contributed by atoms with Gasteiger partial charge in [0.05, 0.1) is 0 Å². The molecule has 3 atom stereocenters. The molecule has 1 saturated heterocycles. The molecule has 2 fully saturated rings. The van der Waals surface area contributed by atoms with E-state index in [9.17, 15) is 0 Å². The Morgan fingerprint density at radius 3 is 2.56 bits per heavy atom. The van der Waals surface area contributed by atoms with Crippen molar-refractivity contribution in [2.45, 2.75) is 64.5 Å². The van der Waals surface area contributed by atoms with E-state index in [1.165, 1.54) is 38.6 Å². The maximum Gasteiger partial charge on any atom is 0.0360 e. The van der Waals surface area contributed by atoms with Crippen molar-refractivity contribution in [1.29, 1.82) is 0 Å². The second-order valence-corrected chi connectivity index (χ2v) is 6.25. The van der Waals surface area contributed by atoms with E-state index in [1.807, 2.05) is 0 Å². The van der Waals surface area contributed by atoms with Crippen LogP contribution in [-0.2, 0) is 0 Å². The molecule has 0 aromatic heterocycles. The number of rotatable bonds is 3. The third kappa shape index (κ3) is 1.80. The Kier molecular flexibility index (Phi) is 3.60. The highest BCUT2D eigenvalue weighted by molar-refractivity contribution is 5.04. The molecule has 2 N–H and O–H groups in total. The van der Waals surface area contributed by atoms with Gasteiger partial charge in [-0.1, -0.05) is 27.2 Å². The van der Waals surface area contributed by atoms with E-state index in [0.29, 0.717) is 5.54 Å². The Bertz CT molecular complexity index is 239. The molecule has 1 heterocycles. The van der Waals surface area contributed by atoms with Gasteiger partial charge in [-0.3, -0.25) is 4.90 Å². The van der Waals surface area contributed by atoms with Crippen molar-refractivity contribution >= 4 is 0 Å². The highest BCUT2D eigenvalue weighted by Gasteiger charge is 2.48. The standard InChI is InChI=1S/C14H28N2/c1-11(2)13-7-5-9-16(13)14(10-15)8-4-6-12(14)3/h11-13H,4-10,15H2,1-3H3. The zero-order valence-electron chi connectivity index (χ0n) is 11.2. The van der Waals surface area contributed by atoms with Gasteiger partial charge < -0.3 is 5.73 Å². The molecule has 0 aromatic rings. The number of hydrogen-bond donors (Lipinski definition) is 1. The van der Waals surface area contributed by atoms with E-state index in [4.69, 9.17) is 5.73 Å². The maximum atomic E-state index is 6.16. The van der Waals surface area contributed by atoms with Gasteiger partial charge >= 0.3 is 0 Å². The summed E-state index contributed by atoms with van der Waals surface area (Å²) in [5.74, 6) is 1.57. The smallest absolute Gasteiger partial charge is 0.0360 e. The summed E-state index contributed by atoms with van der Waals surface area (Å²) in [6.45, 7) is 9.29. The van der Waals surface area contributed by atoms with Crippen molar-refractivity contribution in [2.24, 2.45) is 17.6 Å². The second-order valence-electron chi connectivity index (χ2n) is 6.25. The number of hydrogen-bond acceptors (Lipinski definition) is 2. The summed E-state index contributed by atoms with van der Waals surface area (Å²) in [4.78, 5) is 2.79. The largest absolute Gasteiger partial charge is 0.329 e. The van der Waals surface area contributed by atoms with Gasteiger partial charge in [-0.15, -0.1) is 0 Å². The van der Waals surface area contributed by atoms with E-state index in [2.05, 4.69) is 25.7 Å². The van der Waals surface area contributed by atoms with Crippen LogP contribution < -0.4 is 5.73 Å². The van der Waals surface area contributed by atoms with Crippen LogP contribution in [0.5, 0.6) is 0 Å². The van der Waals surface area contributed by atoms with Crippen LogP contribution in [0, 0.1) is 11.8 Å². The Hall–Kier alpha value is -0.0800. The van der Waals surface area contributed by atoms with Gasteiger partial charge in [0.15, 0.2) is 0 Å². The van der Waals surface area contributed by atoms with Crippen LogP contribution in [0.3, 0.4) is 0 Å². The molecule has 1 saturated carbocycles. The van der Waals surface area contributed by atoms with Gasteiger partial charge in [-0.25, -0.2) is 0 Å². The molecule has 2 nitrogen and oxygen atoms in total. The molecule has 94 valence electrons. The summed E-state index contributed by atoms with van der Waals surface area (Å²) in [7, 11) is 0. The van der Waals surface area contributed by atoms with Crippen LogP contribution in [-0.4, -0.2) is 29.6 Å². The monoisotopic (exact) mass is 224 g/mol. The van der Waals surface area contributed by atoms with Gasteiger partial charge in [-0.2, -0.15) is 0 Å². The van der Waals surface area contributed by atoms with E-state index < -0.39 is 0 Å². The highest BCUT2D eigenvalue weighted by Crippen LogP contribution is 2.44. The Balaban J connectivity index is 2.20. The average Bonchev–Trinajstić information content (AvgIpc) is 2.84. The molecule has 0 amide bonds. The predicted octanol–water partition coefficient (Wildman–Crippen LogP) is 2.62. The number of nitrogens with zero attached hydrogens (tertiary/aromatic N) is 1. The molecular weight excluding hydrogens is 196 g/mol.